The molecule has 0 aliphatic carbocycles. The third-order valence-electron chi connectivity index (χ3n) is 3.04. The van der Waals surface area contributed by atoms with Gasteiger partial charge < -0.3 is 0 Å². The van der Waals surface area contributed by atoms with Gasteiger partial charge in [-0.25, -0.2) is 4.99 Å². The van der Waals surface area contributed by atoms with Crippen molar-refractivity contribution in [1.82, 2.24) is 0 Å². The predicted molar refractivity (Wildman–Crippen MR) is 72.2 cm³/mol. The average Bonchev–Trinajstić information content (AvgIpc) is 2.69. The summed E-state index contributed by atoms with van der Waals surface area (Å²) >= 11 is 5.78. The molecule has 0 saturated carbocycles. The highest BCUT2D eigenvalue weighted by Crippen LogP contribution is 2.32. The molecule has 0 atom stereocenters. The van der Waals surface area contributed by atoms with Gasteiger partial charge in [0.25, 0.3) is 0 Å². The highest BCUT2D eigenvalue weighted by molar-refractivity contribution is 6.20. The van der Waals surface area contributed by atoms with Gasteiger partial charge in [0, 0.05) is 17.0 Å². The fraction of sp³-hybridized carbons (Fsp3) is 0.133. The molecular weight excluding hydrogens is 230 g/mol. The molecule has 0 bridgehead atoms. The highest BCUT2D eigenvalue weighted by Gasteiger charge is 2.13. The van der Waals surface area contributed by atoms with E-state index in [2.05, 4.69) is 48.3 Å². The first-order valence-electron chi connectivity index (χ1n) is 5.64. The van der Waals surface area contributed by atoms with Gasteiger partial charge in [0.2, 0.25) is 0 Å². The molecule has 2 aromatic rings. The number of para-hydroxylation sites is 1. The molecule has 0 saturated heterocycles. The van der Waals surface area contributed by atoms with Gasteiger partial charge in [0.05, 0.1) is 11.0 Å². The smallest absolute Gasteiger partial charge is 0.0785 e. The summed E-state index contributed by atoms with van der Waals surface area (Å²) in [6.45, 7) is 2.10. The van der Waals surface area contributed by atoms with Crippen LogP contribution in [-0.4, -0.2) is 5.88 Å². The summed E-state index contributed by atoms with van der Waals surface area (Å²) in [4.78, 5) is 4.68. The van der Waals surface area contributed by atoms with Crippen molar-refractivity contribution in [2.75, 3.05) is 5.88 Å². The van der Waals surface area contributed by atoms with Crippen LogP contribution in [0.3, 0.4) is 0 Å². The molecule has 3 rings (SSSR count). The lowest BCUT2D eigenvalue weighted by Gasteiger charge is -2.00. The molecule has 0 aromatic heterocycles. The number of rotatable bonds is 1. The van der Waals surface area contributed by atoms with E-state index in [4.69, 9.17) is 11.6 Å². The number of halogens is 1. The molecule has 0 radical (unpaired) electrons. The Hall–Kier alpha value is -1.60. The highest BCUT2D eigenvalue weighted by atomic mass is 35.5. The lowest BCUT2D eigenvalue weighted by atomic mass is 10.0. The standard InChI is InChI=1S/C15H12ClN/c1-10-5-6-14-13(9-10)12-4-2-3-11(7-8-16)15(12)17-14/h2-7,9H,8H2,1H3/b11-7+. The van der Waals surface area contributed by atoms with Gasteiger partial charge in [-0.15, -0.1) is 11.6 Å². The first-order valence-corrected chi connectivity index (χ1v) is 6.18. The minimum atomic E-state index is 0.515. The van der Waals surface area contributed by atoms with Gasteiger partial charge in [0.1, 0.15) is 0 Å². The summed E-state index contributed by atoms with van der Waals surface area (Å²) in [7, 11) is 0. The number of benzene rings is 2. The Kier molecular flexibility index (Phi) is 2.49. The quantitative estimate of drug-likeness (QED) is 0.581. The Morgan fingerprint density at radius 3 is 2.88 bits per heavy atom. The molecule has 17 heavy (non-hydrogen) atoms. The van der Waals surface area contributed by atoms with Crippen molar-refractivity contribution in [1.29, 1.82) is 0 Å². The summed E-state index contributed by atoms with van der Waals surface area (Å²) in [6, 6.07) is 12.6. The molecule has 1 aliphatic rings. The van der Waals surface area contributed by atoms with Crippen molar-refractivity contribution in [3.05, 3.63) is 52.5 Å². The Balaban J connectivity index is 2.37. The maximum Gasteiger partial charge on any atom is 0.0785 e. The van der Waals surface area contributed by atoms with Crippen molar-refractivity contribution < 1.29 is 0 Å². The number of nitrogens with zero attached hydrogens (tertiary/aromatic N) is 1. The Bertz CT molecular complexity index is 701. The second-order valence-corrected chi connectivity index (χ2v) is 4.54. The van der Waals surface area contributed by atoms with Crippen LogP contribution in [0.1, 0.15) is 5.56 Å². The van der Waals surface area contributed by atoms with Crippen LogP contribution in [0.4, 0.5) is 5.69 Å². The largest absolute Gasteiger partial charge is 0.247 e. The van der Waals surface area contributed by atoms with E-state index in [1.807, 2.05) is 6.08 Å². The first-order chi connectivity index (χ1) is 8.29. The molecule has 84 valence electrons. The predicted octanol–water partition coefficient (Wildman–Crippen LogP) is 2.95. The average molecular weight is 242 g/mol. The number of hydrogen-bond acceptors (Lipinski definition) is 1. The zero-order valence-electron chi connectivity index (χ0n) is 9.57. The summed E-state index contributed by atoms with van der Waals surface area (Å²) in [6.07, 6.45) is 2.00. The molecule has 0 spiro atoms. The van der Waals surface area contributed by atoms with Gasteiger partial charge in [0.15, 0.2) is 0 Å². The molecule has 0 N–H and O–H groups in total. The number of hydrogen-bond donors (Lipinski definition) is 0. The van der Waals surface area contributed by atoms with Crippen molar-refractivity contribution in [3.63, 3.8) is 0 Å². The molecule has 0 unspecified atom stereocenters. The van der Waals surface area contributed by atoms with Crippen molar-refractivity contribution >= 4 is 23.4 Å². The molecule has 0 fully saturated rings. The topological polar surface area (TPSA) is 12.4 Å². The van der Waals surface area contributed by atoms with Crippen LogP contribution in [0.25, 0.3) is 17.2 Å². The Morgan fingerprint density at radius 1 is 1.18 bits per heavy atom. The molecule has 1 nitrogen and oxygen atoms in total. The molecule has 2 aromatic carbocycles. The van der Waals surface area contributed by atoms with E-state index in [-0.39, 0.29) is 0 Å². The Morgan fingerprint density at radius 2 is 2.06 bits per heavy atom. The third kappa shape index (κ3) is 1.67. The summed E-state index contributed by atoms with van der Waals surface area (Å²) in [5, 5.41) is 2.17. The normalized spacial score (nSPS) is 13.2. The van der Waals surface area contributed by atoms with Crippen LogP contribution in [-0.2, 0) is 0 Å². The molecular formula is C15H12ClN. The van der Waals surface area contributed by atoms with Crippen LogP contribution in [0.5, 0.6) is 0 Å². The van der Waals surface area contributed by atoms with Gasteiger partial charge in [-0.05, 0) is 24.3 Å². The second-order valence-electron chi connectivity index (χ2n) is 4.23. The van der Waals surface area contributed by atoms with E-state index in [1.54, 1.807) is 0 Å². The fourth-order valence-electron chi connectivity index (χ4n) is 2.23. The number of fused-ring (bicyclic) bond motifs is 3. The second kappa shape index (κ2) is 4.01. The van der Waals surface area contributed by atoms with E-state index >= 15 is 0 Å². The van der Waals surface area contributed by atoms with Gasteiger partial charge in [-0.2, -0.15) is 0 Å². The Labute approximate surface area is 105 Å². The van der Waals surface area contributed by atoms with Crippen LogP contribution >= 0.6 is 11.6 Å². The van der Waals surface area contributed by atoms with Crippen molar-refractivity contribution in [2.45, 2.75) is 6.92 Å². The summed E-state index contributed by atoms with van der Waals surface area (Å²) in [5.74, 6) is 0.515. The maximum atomic E-state index is 5.78. The van der Waals surface area contributed by atoms with E-state index < -0.39 is 0 Å². The minimum absolute atomic E-state index is 0.515. The van der Waals surface area contributed by atoms with Crippen molar-refractivity contribution in [3.8, 4) is 11.1 Å². The number of aryl methyl sites for hydroxylation is 1. The van der Waals surface area contributed by atoms with Crippen molar-refractivity contribution in [2.24, 2.45) is 4.99 Å². The maximum absolute atomic E-state index is 5.78. The SMILES string of the molecule is Cc1ccc2c(c1)-c1ccc/c(=C\CCl)c1=N2. The van der Waals surface area contributed by atoms with Gasteiger partial charge in [-0.3, -0.25) is 0 Å². The van der Waals surface area contributed by atoms with Crippen LogP contribution < -0.4 is 10.6 Å². The molecule has 0 amide bonds. The van der Waals surface area contributed by atoms with E-state index in [0.717, 1.165) is 16.3 Å². The summed E-state index contributed by atoms with van der Waals surface area (Å²) in [5.41, 5.74) is 4.76. The van der Waals surface area contributed by atoms with Crippen LogP contribution in [0.15, 0.2) is 41.4 Å². The lowest BCUT2D eigenvalue weighted by molar-refractivity contribution is 1.36. The number of alkyl halides is 1. The first kappa shape index (κ1) is 10.5. The zero-order chi connectivity index (χ0) is 11.8. The fourth-order valence-corrected chi connectivity index (χ4v) is 2.40. The molecule has 1 heterocycles. The molecule has 2 heteroatoms. The molecule has 1 aliphatic heterocycles. The van der Waals surface area contributed by atoms with Gasteiger partial charge >= 0.3 is 0 Å². The van der Waals surface area contributed by atoms with E-state index in [1.165, 1.54) is 16.7 Å². The summed E-state index contributed by atoms with van der Waals surface area (Å²) < 4.78 is 0. The van der Waals surface area contributed by atoms with E-state index in [0.29, 0.717) is 5.88 Å². The minimum Gasteiger partial charge on any atom is -0.247 e. The van der Waals surface area contributed by atoms with Crippen LogP contribution in [0, 0.1) is 6.92 Å². The van der Waals surface area contributed by atoms with Crippen LogP contribution in [0.2, 0.25) is 0 Å². The zero-order valence-corrected chi connectivity index (χ0v) is 10.3. The van der Waals surface area contributed by atoms with Gasteiger partial charge in [-0.1, -0.05) is 35.9 Å². The lowest BCUT2D eigenvalue weighted by Crippen LogP contribution is -2.24. The third-order valence-corrected chi connectivity index (χ3v) is 3.19. The monoisotopic (exact) mass is 241 g/mol. The van der Waals surface area contributed by atoms with E-state index in [9.17, 15) is 0 Å².